The van der Waals surface area contributed by atoms with E-state index in [1.54, 1.807) is 11.3 Å². The van der Waals surface area contributed by atoms with Crippen LogP contribution in [0.5, 0.6) is 0 Å². The van der Waals surface area contributed by atoms with Crippen molar-refractivity contribution in [2.75, 3.05) is 19.8 Å². The molecule has 1 aromatic rings. The molecule has 1 fully saturated rings. The standard InChI is InChI=1S/C13H22N2OS/c1-3-12(14)13(11-4-7-17-9-11)15-5-6-16-8-10(15)2/h4,7,9-10,12-13H,3,5-6,8,14H2,1-2H3. The Morgan fingerprint density at radius 1 is 1.65 bits per heavy atom. The minimum absolute atomic E-state index is 0.199. The number of nitrogens with two attached hydrogens (primary N) is 1. The maximum Gasteiger partial charge on any atom is 0.0620 e. The molecule has 2 N–H and O–H groups in total. The molecule has 0 aliphatic carbocycles. The van der Waals surface area contributed by atoms with Crippen LogP contribution in [0.15, 0.2) is 16.8 Å². The molecule has 1 aliphatic heterocycles. The summed E-state index contributed by atoms with van der Waals surface area (Å²) in [5, 5.41) is 4.36. The molecule has 1 aromatic heterocycles. The van der Waals surface area contributed by atoms with E-state index in [9.17, 15) is 0 Å². The number of hydrogen-bond donors (Lipinski definition) is 1. The predicted molar refractivity (Wildman–Crippen MR) is 72.3 cm³/mol. The van der Waals surface area contributed by atoms with Crippen LogP contribution in [0.25, 0.3) is 0 Å². The Morgan fingerprint density at radius 2 is 2.47 bits per heavy atom. The topological polar surface area (TPSA) is 38.5 Å². The molecule has 0 aromatic carbocycles. The zero-order valence-corrected chi connectivity index (χ0v) is 11.5. The van der Waals surface area contributed by atoms with Gasteiger partial charge in [-0.25, -0.2) is 0 Å². The van der Waals surface area contributed by atoms with Crippen LogP contribution in [-0.2, 0) is 4.74 Å². The highest BCUT2D eigenvalue weighted by Crippen LogP contribution is 2.29. The summed E-state index contributed by atoms with van der Waals surface area (Å²) in [6, 6.07) is 3.19. The maximum absolute atomic E-state index is 6.32. The van der Waals surface area contributed by atoms with Gasteiger partial charge in [-0.05, 0) is 35.7 Å². The average Bonchev–Trinajstić information content (AvgIpc) is 2.85. The van der Waals surface area contributed by atoms with Crippen molar-refractivity contribution in [3.8, 4) is 0 Å². The smallest absolute Gasteiger partial charge is 0.0620 e. The summed E-state index contributed by atoms with van der Waals surface area (Å²) < 4.78 is 5.51. The summed E-state index contributed by atoms with van der Waals surface area (Å²) in [5.41, 5.74) is 7.68. The lowest BCUT2D eigenvalue weighted by atomic mass is 9.97. The predicted octanol–water partition coefficient (Wildman–Crippen LogP) is 2.25. The lowest BCUT2D eigenvalue weighted by molar-refractivity contribution is -0.0281. The third-order valence-corrected chi connectivity index (χ3v) is 4.24. The fourth-order valence-corrected chi connectivity index (χ4v) is 3.19. The molecule has 1 aliphatic rings. The second-order valence-corrected chi connectivity index (χ2v) is 5.52. The summed E-state index contributed by atoms with van der Waals surface area (Å²) in [5.74, 6) is 0. The first-order valence-corrected chi connectivity index (χ1v) is 7.29. The van der Waals surface area contributed by atoms with Crippen molar-refractivity contribution >= 4 is 11.3 Å². The molecular weight excluding hydrogens is 232 g/mol. The minimum Gasteiger partial charge on any atom is -0.379 e. The largest absolute Gasteiger partial charge is 0.379 e. The lowest BCUT2D eigenvalue weighted by Crippen LogP contribution is -2.50. The Kier molecular flexibility index (Phi) is 4.56. The first kappa shape index (κ1) is 13.0. The highest BCUT2D eigenvalue weighted by atomic mass is 32.1. The summed E-state index contributed by atoms with van der Waals surface area (Å²) in [7, 11) is 0. The maximum atomic E-state index is 6.32. The van der Waals surface area contributed by atoms with Crippen LogP contribution in [-0.4, -0.2) is 36.7 Å². The van der Waals surface area contributed by atoms with Crippen molar-refractivity contribution in [2.45, 2.75) is 38.4 Å². The van der Waals surface area contributed by atoms with Gasteiger partial charge in [-0.3, -0.25) is 4.90 Å². The van der Waals surface area contributed by atoms with Gasteiger partial charge in [0, 0.05) is 18.6 Å². The van der Waals surface area contributed by atoms with Gasteiger partial charge in [0.15, 0.2) is 0 Å². The third-order valence-electron chi connectivity index (χ3n) is 3.54. The molecule has 2 heterocycles. The molecule has 2 rings (SSSR count). The summed E-state index contributed by atoms with van der Waals surface area (Å²) >= 11 is 1.75. The van der Waals surface area contributed by atoms with E-state index < -0.39 is 0 Å². The quantitative estimate of drug-likeness (QED) is 0.895. The molecular formula is C13H22N2OS. The van der Waals surface area contributed by atoms with Crippen LogP contribution in [0.2, 0.25) is 0 Å². The van der Waals surface area contributed by atoms with Gasteiger partial charge < -0.3 is 10.5 Å². The minimum atomic E-state index is 0.199. The second kappa shape index (κ2) is 5.96. The molecule has 17 heavy (non-hydrogen) atoms. The third kappa shape index (κ3) is 2.88. The van der Waals surface area contributed by atoms with Gasteiger partial charge in [-0.15, -0.1) is 0 Å². The molecule has 4 heteroatoms. The SMILES string of the molecule is CCC(N)C(c1ccsc1)N1CCOCC1C. The van der Waals surface area contributed by atoms with Crippen LogP contribution < -0.4 is 5.73 Å². The Bertz CT molecular complexity index is 328. The normalized spacial score (nSPS) is 25.7. The number of nitrogens with zero attached hydrogens (tertiary/aromatic N) is 1. The van der Waals surface area contributed by atoms with E-state index >= 15 is 0 Å². The summed E-state index contributed by atoms with van der Waals surface area (Å²) in [6.45, 7) is 7.00. The first-order valence-electron chi connectivity index (χ1n) is 6.35. The van der Waals surface area contributed by atoms with E-state index in [1.165, 1.54) is 5.56 Å². The highest BCUT2D eigenvalue weighted by Gasteiger charge is 2.31. The number of hydrogen-bond acceptors (Lipinski definition) is 4. The van der Waals surface area contributed by atoms with E-state index in [4.69, 9.17) is 10.5 Å². The molecule has 0 radical (unpaired) electrons. The highest BCUT2D eigenvalue weighted by molar-refractivity contribution is 7.07. The fourth-order valence-electron chi connectivity index (χ4n) is 2.50. The van der Waals surface area contributed by atoms with E-state index in [-0.39, 0.29) is 6.04 Å². The van der Waals surface area contributed by atoms with Gasteiger partial charge >= 0.3 is 0 Å². The zero-order valence-electron chi connectivity index (χ0n) is 10.6. The van der Waals surface area contributed by atoms with Gasteiger partial charge in [0.2, 0.25) is 0 Å². The second-order valence-electron chi connectivity index (χ2n) is 4.74. The number of ether oxygens (including phenoxy) is 1. The van der Waals surface area contributed by atoms with Gasteiger partial charge in [-0.1, -0.05) is 6.92 Å². The van der Waals surface area contributed by atoms with Gasteiger partial charge in [0.25, 0.3) is 0 Å². The van der Waals surface area contributed by atoms with Crippen molar-refractivity contribution < 1.29 is 4.74 Å². The van der Waals surface area contributed by atoms with Crippen LogP contribution in [0.1, 0.15) is 31.9 Å². The Hall–Kier alpha value is -0.420. The van der Waals surface area contributed by atoms with Crippen molar-refractivity contribution in [3.05, 3.63) is 22.4 Å². The lowest BCUT2D eigenvalue weighted by Gasteiger charge is -2.41. The van der Waals surface area contributed by atoms with E-state index in [1.807, 2.05) is 0 Å². The van der Waals surface area contributed by atoms with Gasteiger partial charge in [0.05, 0.1) is 19.3 Å². The van der Waals surface area contributed by atoms with Crippen LogP contribution in [0, 0.1) is 0 Å². The Labute approximate surface area is 108 Å². The van der Waals surface area contributed by atoms with E-state index in [2.05, 4.69) is 35.6 Å². The molecule has 1 saturated heterocycles. The van der Waals surface area contributed by atoms with Crippen molar-refractivity contribution in [2.24, 2.45) is 5.73 Å². The number of morpholine rings is 1. The van der Waals surface area contributed by atoms with E-state index in [0.29, 0.717) is 12.1 Å². The molecule has 0 spiro atoms. The first-order chi connectivity index (χ1) is 8.24. The van der Waals surface area contributed by atoms with Crippen molar-refractivity contribution in [1.82, 2.24) is 4.90 Å². The van der Waals surface area contributed by atoms with Crippen LogP contribution in [0.3, 0.4) is 0 Å². The zero-order chi connectivity index (χ0) is 12.3. The average molecular weight is 254 g/mol. The summed E-state index contributed by atoms with van der Waals surface area (Å²) in [4.78, 5) is 2.50. The Morgan fingerprint density at radius 3 is 3.06 bits per heavy atom. The molecule has 0 bridgehead atoms. The number of rotatable bonds is 4. The van der Waals surface area contributed by atoms with Crippen molar-refractivity contribution in [3.63, 3.8) is 0 Å². The fraction of sp³-hybridized carbons (Fsp3) is 0.692. The van der Waals surface area contributed by atoms with Gasteiger partial charge in [0.1, 0.15) is 0 Å². The molecule has 96 valence electrons. The van der Waals surface area contributed by atoms with Crippen LogP contribution in [0.4, 0.5) is 0 Å². The molecule has 3 atom stereocenters. The Balaban J connectivity index is 2.20. The van der Waals surface area contributed by atoms with Crippen LogP contribution >= 0.6 is 11.3 Å². The molecule has 0 amide bonds. The van der Waals surface area contributed by atoms with Crippen molar-refractivity contribution in [1.29, 1.82) is 0 Å². The molecule has 3 nitrogen and oxygen atoms in total. The molecule has 0 saturated carbocycles. The summed E-state index contributed by atoms with van der Waals surface area (Å²) in [6.07, 6.45) is 1.00. The van der Waals surface area contributed by atoms with Gasteiger partial charge in [-0.2, -0.15) is 11.3 Å². The van der Waals surface area contributed by atoms with E-state index in [0.717, 1.165) is 26.2 Å². The number of thiophene rings is 1. The monoisotopic (exact) mass is 254 g/mol. The molecule has 3 unspecified atom stereocenters.